The van der Waals surface area contributed by atoms with E-state index in [-0.39, 0.29) is 0 Å². The van der Waals surface area contributed by atoms with Crippen molar-refractivity contribution in [3.63, 3.8) is 0 Å². The smallest absolute Gasteiger partial charge is 0.222 e. The summed E-state index contributed by atoms with van der Waals surface area (Å²) in [5, 5.41) is 0. The van der Waals surface area contributed by atoms with Crippen LogP contribution in [0, 0.1) is 5.92 Å². The van der Waals surface area contributed by atoms with E-state index in [4.69, 9.17) is 4.74 Å². The SMILES string of the molecule is CC(C)=CCC/C(C)=C/CC/C(C)=C/CCC(C)CC(=O)N1CCOCC1. The summed E-state index contributed by atoms with van der Waals surface area (Å²) in [7, 11) is 0. The number of hydrogen-bond donors (Lipinski definition) is 0. The van der Waals surface area contributed by atoms with E-state index in [1.807, 2.05) is 4.90 Å². The number of carbonyl (C=O) groups is 1. The largest absolute Gasteiger partial charge is 0.378 e. The Morgan fingerprint density at radius 1 is 0.926 bits per heavy atom. The molecule has 3 heteroatoms. The van der Waals surface area contributed by atoms with Crippen molar-refractivity contribution in [3.05, 3.63) is 34.9 Å². The van der Waals surface area contributed by atoms with Gasteiger partial charge >= 0.3 is 0 Å². The lowest BCUT2D eigenvalue weighted by atomic mass is 9.99. The Bertz CT molecular complexity index is 520. The van der Waals surface area contributed by atoms with Gasteiger partial charge in [0.15, 0.2) is 0 Å². The molecule has 0 saturated carbocycles. The van der Waals surface area contributed by atoms with E-state index in [0.29, 0.717) is 31.5 Å². The van der Waals surface area contributed by atoms with E-state index in [0.717, 1.165) is 45.2 Å². The molecule has 0 bridgehead atoms. The Hall–Kier alpha value is -1.35. The second-order valence-corrected chi connectivity index (χ2v) is 8.34. The summed E-state index contributed by atoms with van der Waals surface area (Å²) in [6.45, 7) is 13.9. The maximum absolute atomic E-state index is 12.3. The van der Waals surface area contributed by atoms with E-state index in [1.165, 1.54) is 23.1 Å². The molecule has 0 radical (unpaired) electrons. The fraction of sp³-hybridized carbons (Fsp3) is 0.708. The highest BCUT2D eigenvalue weighted by atomic mass is 16.5. The van der Waals surface area contributed by atoms with Gasteiger partial charge in [-0.05, 0) is 72.1 Å². The summed E-state index contributed by atoms with van der Waals surface area (Å²) in [5.41, 5.74) is 4.37. The van der Waals surface area contributed by atoms with E-state index < -0.39 is 0 Å². The molecule has 1 aliphatic rings. The third-order valence-corrected chi connectivity index (χ3v) is 5.16. The van der Waals surface area contributed by atoms with Crippen molar-refractivity contribution in [2.24, 2.45) is 5.92 Å². The van der Waals surface area contributed by atoms with Gasteiger partial charge in [-0.3, -0.25) is 4.79 Å². The maximum atomic E-state index is 12.3. The van der Waals surface area contributed by atoms with Crippen LogP contribution < -0.4 is 0 Å². The monoisotopic (exact) mass is 375 g/mol. The quantitative estimate of drug-likeness (QED) is 0.410. The molecule has 0 aromatic heterocycles. The van der Waals surface area contributed by atoms with Crippen LogP contribution in [0.3, 0.4) is 0 Å². The highest BCUT2D eigenvalue weighted by Gasteiger charge is 2.18. The number of ether oxygens (including phenoxy) is 1. The van der Waals surface area contributed by atoms with Gasteiger partial charge in [0.1, 0.15) is 0 Å². The number of nitrogens with zero attached hydrogens (tertiary/aromatic N) is 1. The van der Waals surface area contributed by atoms with Crippen LogP contribution in [0.1, 0.15) is 79.6 Å². The van der Waals surface area contributed by atoms with E-state index >= 15 is 0 Å². The van der Waals surface area contributed by atoms with Crippen LogP contribution in [0.4, 0.5) is 0 Å². The van der Waals surface area contributed by atoms with E-state index in [9.17, 15) is 4.79 Å². The van der Waals surface area contributed by atoms with Crippen molar-refractivity contribution < 1.29 is 9.53 Å². The second kappa shape index (κ2) is 13.8. The molecule has 1 aliphatic heterocycles. The molecule has 154 valence electrons. The molecule has 1 unspecified atom stereocenters. The third kappa shape index (κ3) is 11.9. The molecule has 0 spiro atoms. The molecular weight excluding hydrogens is 334 g/mol. The topological polar surface area (TPSA) is 29.5 Å². The maximum Gasteiger partial charge on any atom is 0.222 e. The standard InChI is InChI=1S/C24H41NO2/c1-20(2)9-6-10-21(3)11-7-12-22(4)13-8-14-23(5)19-24(26)25-15-17-27-18-16-25/h9,11,13,23H,6-8,10,12,14-19H2,1-5H3/b21-11+,22-13+. The first kappa shape index (κ1) is 23.7. The van der Waals surface area contributed by atoms with Crippen molar-refractivity contribution in [3.8, 4) is 0 Å². The number of amides is 1. The summed E-state index contributed by atoms with van der Waals surface area (Å²) in [6, 6.07) is 0. The Kier molecular flexibility index (Phi) is 12.1. The van der Waals surface area contributed by atoms with Crippen LogP contribution in [0.5, 0.6) is 0 Å². The number of allylic oxidation sites excluding steroid dienone is 6. The normalized spacial score (nSPS) is 17.0. The third-order valence-electron chi connectivity index (χ3n) is 5.16. The molecule has 27 heavy (non-hydrogen) atoms. The molecule has 1 atom stereocenters. The Morgan fingerprint density at radius 3 is 2.07 bits per heavy atom. The summed E-state index contributed by atoms with van der Waals surface area (Å²) in [5.74, 6) is 0.738. The predicted octanol–water partition coefficient (Wildman–Crippen LogP) is 6.07. The average Bonchev–Trinajstić information content (AvgIpc) is 2.62. The van der Waals surface area contributed by atoms with Gasteiger partial charge < -0.3 is 9.64 Å². The van der Waals surface area contributed by atoms with Crippen molar-refractivity contribution in [2.75, 3.05) is 26.3 Å². The van der Waals surface area contributed by atoms with Crippen LogP contribution in [0.2, 0.25) is 0 Å². The summed E-state index contributed by atoms with van der Waals surface area (Å²) in [4.78, 5) is 14.2. The molecule has 3 nitrogen and oxygen atoms in total. The molecule has 1 fully saturated rings. The highest BCUT2D eigenvalue weighted by Crippen LogP contribution is 2.16. The molecule has 1 rings (SSSR count). The highest BCUT2D eigenvalue weighted by molar-refractivity contribution is 5.76. The van der Waals surface area contributed by atoms with Gasteiger partial charge in [-0.15, -0.1) is 0 Å². The van der Waals surface area contributed by atoms with Crippen LogP contribution in [-0.2, 0) is 9.53 Å². The molecule has 1 saturated heterocycles. The average molecular weight is 376 g/mol. The lowest BCUT2D eigenvalue weighted by molar-refractivity contribution is -0.136. The lowest BCUT2D eigenvalue weighted by Crippen LogP contribution is -2.41. The van der Waals surface area contributed by atoms with Crippen molar-refractivity contribution in [1.82, 2.24) is 4.90 Å². The Morgan fingerprint density at radius 2 is 1.48 bits per heavy atom. The minimum atomic E-state index is 0.292. The van der Waals surface area contributed by atoms with Gasteiger partial charge in [-0.2, -0.15) is 0 Å². The van der Waals surface area contributed by atoms with Crippen molar-refractivity contribution >= 4 is 5.91 Å². The molecular formula is C24H41NO2. The number of morpholine rings is 1. The Balaban J connectivity index is 2.19. The van der Waals surface area contributed by atoms with Crippen LogP contribution in [-0.4, -0.2) is 37.1 Å². The minimum absolute atomic E-state index is 0.292. The summed E-state index contributed by atoms with van der Waals surface area (Å²) >= 11 is 0. The fourth-order valence-corrected chi connectivity index (χ4v) is 3.30. The first-order valence-corrected chi connectivity index (χ1v) is 10.7. The Labute approximate surface area is 167 Å². The second-order valence-electron chi connectivity index (χ2n) is 8.34. The van der Waals surface area contributed by atoms with Gasteiger partial charge in [-0.25, -0.2) is 0 Å². The molecule has 0 aliphatic carbocycles. The minimum Gasteiger partial charge on any atom is -0.378 e. The number of carbonyl (C=O) groups excluding carboxylic acids is 1. The molecule has 1 heterocycles. The fourth-order valence-electron chi connectivity index (χ4n) is 3.30. The molecule has 0 N–H and O–H groups in total. The zero-order valence-corrected chi connectivity index (χ0v) is 18.4. The van der Waals surface area contributed by atoms with Crippen molar-refractivity contribution in [1.29, 1.82) is 0 Å². The first-order chi connectivity index (χ1) is 12.9. The molecule has 0 aromatic rings. The van der Waals surface area contributed by atoms with Gasteiger partial charge in [0.25, 0.3) is 0 Å². The van der Waals surface area contributed by atoms with E-state index in [1.54, 1.807) is 0 Å². The van der Waals surface area contributed by atoms with Crippen LogP contribution >= 0.6 is 0 Å². The summed E-state index contributed by atoms with van der Waals surface area (Å²) < 4.78 is 5.31. The number of rotatable bonds is 11. The first-order valence-electron chi connectivity index (χ1n) is 10.7. The summed E-state index contributed by atoms with van der Waals surface area (Å²) in [6.07, 6.45) is 14.5. The zero-order valence-electron chi connectivity index (χ0n) is 18.4. The molecule has 1 amide bonds. The molecule has 0 aromatic carbocycles. The van der Waals surface area contributed by atoms with Crippen LogP contribution in [0.25, 0.3) is 0 Å². The zero-order chi connectivity index (χ0) is 20.1. The van der Waals surface area contributed by atoms with E-state index in [2.05, 4.69) is 52.8 Å². The van der Waals surface area contributed by atoms with Gasteiger partial charge in [0.2, 0.25) is 5.91 Å². The van der Waals surface area contributed by atoms with Gasteiger partial charge in [0.05, 0.1) is 13.2 Å². The number of hydrogen-bond acceptors (Lipinski definition) is 2. The van der Waals surface area contributed by atoms with Crippen molar-refractivity contribution in [2.45, 2.75) is 79.6 Å². The van der Waals surface area contributed by atoms with Gasteiger partial charge in [-0.1, -0.05) is 41.9 Å². The predicted molar refractivity (Wildman–Crippen MR) is 116 cm³/mol. The van der Waals surface area contributed by atoms with Crippen LogP contribution in [0.15, 0.2) is 34.9 Å². The lowest BCUT2D eigenvalue weighted by Gasteiger charge is -2.27. The van der Waals surface area contributed by atoms with Gasteiger partial charge in [0, 0.05) is 19.5 Å².